The van der Waals surface area contributed by atoms with Crippen molar-refractivity contribution in [3.8, 4) is 28.4 Å². The van der Waals surface area contributed by atoms with Gasteiger partial charge >= 0.3 is 0 Å². The predicted molar refractivity (Wildman–Crippen MR) is 157 cm³/mol. The van der Waals surface area contributed by atoms with Gasteiger partial charge in [-0.1, -0.05) is 12.1 Å². The van der Waals surface area contributed by atoms with Crippen molar-refractivity contribution in [1.82, 2.24) is 24.4 Å². The maximum absolute atomic E-state index is 13.8. The van der Waals surface area contributed by atoms with Gasteiger partial charge in [-0.25, -0.2) is 19.3 Å². The molecule has 0 amide bonds. The van der Waals surface area contributed by atoms with Crippen LogP contribution >= 0.6 is 0 Å². The SMILES string of the molecule is COCCNc1nccc(-c2c(-c3ccc(F)cc3)nc3n2C(CN(CCOC)Cc2cccc(OC)c2)CC3)n1. The molecule has 0 aliphatic carbocycles. The van der Waals surface area contributed by atoms with E-state index in [0.717, 1.165) is 66.7 Å². The summed E-state index contributed by atoms with van der Waals surface area (Å²) in [5, 5.41) is 3.23. The number of fused-ring (bicyclic) bond motifs is 1. The van der Waals surface area contributed by atoms with E-state index in [9.17, 15) is 4.39 Å². The molecule has 5 rings (SSSR count). The fraction of sp³-hybridized carbons (Fsp3) is 0.387. The molecule has 9 nitrogen and oxygen atoms in total. The number of aromatic nitrogens is 4. The third kappa shape index (κ3) is 6.90. The molecule has 10 heteroatoms. The number of methoxy groups -OCH3 is 3. The van der Waals surface area contributed by atoms with E-state index in [-0.39, 0.29) is 11.9 Å². The molecule has 1 aliphatic heterocycles. The first kappa shape index (κ1) is 28.7. The highest BCUT2D eigenvalue weighted by Crippen LogP contribution is 2.39. The summed E-state index contributed by atoms with van der Waals surface area (Å²) in [6.07, 6.45) is 3.56. The lowest BCUT2D eigenvalue weighted by Crippen LogP contribution is -2.32. The number of aryl methyl sites for hydroxylation is 1. The summed E-state index contributed by atoms with van der Waals surface area (Å²) in [6.45, 7) is 4.13. The molecule has 0 spiro atoms. The van der Waals surface area contributed by atoms with Gasteiger partial charge in [0.1, 0.15) is 17.4 Å². The van der Waals surface area contributed by atoms with Crippen molar-refractivity contribution < 1.29 is 18.6 Å². The highest BCUT2D eigenvalue weighted by molar-refractivity contribution is 5.78. The second-order valence-electron chi connectivity index (χ2n) is 10.1. The zero-order valence-electron chi connectivity index (χ0n) is 23.8. The van der Waals surface area contributed by atoms with Crippen LogP contribution < -0.4 is 10.1 Å². The smallest absolute Gasteiger partial charge is 0.223 e. The number of halogens is 1. The molecule has 1 aliphatic rings. The Morgan fingerprint density at radius 2 is 1.85 bits per heavy atom. The van der Waals surface area contributed by atoms with Crippen LogP contribution in [-0.4, -0.2) is 78.6 Å². The van der Waals surface area contributed by atoms with Gasteiger partial charge in [-0.15, -0.1) is 0 Å². The second-order valence-corrected chi connectivity index (χ2v) is 10.1. The van der Waals surface area contributed by atoms with Crippen LogP contribution in [-0.2, 0) is 22.4 Å². The zero-order chi connectivity index (χ0) is 28.6. The van der Waals surface area contributed by atoms with Crippen molar-refractivity contribution in [2.24, 2.45) is 0 Å². The van der Waals surface area contributed by atoms with Crippen molar-refractivity contribution in [2.45, 2.75) is 25.4 Å². The molecule has 0 bridgehead atoms. The largest absolute Gasteiger partial charge is 0.497 e. The number of benzene rings is 2. The molecule has 0 saturated heterocycles. The summed E-state index contributed by atoms with van der Waals surface area (Å²) in [5.41, 5.74) is 4.50. The molecule has 2 aromatic heterocycles. The van der Waals surface area contributed by atoms with Gasteiger partial charge < -0.3 is 24.1 Å². The molecule has 4 aromatic rings. The molecule has 216 valence electrons. The van der Waals surface area contributed by atoms with E-state index in [2.05, 4.69) is 31.9 Å². The summed E-state index contributed by atoms with van der Waals surface area (Å²) >= 11 is 0. The average Bonchev–Trinajstić information content (AvgIpc) is 3.56. The first-order valence-electron chi connectivity index (χ1n) is 13.9. The van der Waals surface area contributed by atoms with Crippen LogP contribution in [0.2, 0.25) is 0 Å². The number of anilines is 1. The van der Waals surface area contributed by atoms with Gasteiger partial charge in [0, 0.05) is 64.6 Å². The van der Waals surface area contributed by atoms with Crippen LogP contribution in [0.4, 0.5) is 10.3 Å². The van der Waals surface area contributed by atoms with Crippen molar-refractivity contribution in [3.05, 3.63) is 78.0 Å². The summed E-state index contributed by atoms with van der Waals surface area (Å²) in [7, 11) is 5.08. The second kappa shape index (κ2) is 13.7. The monoisotopic (exact) mass is 560 g/mol. The minimum atomic E-state index is -0.280. The normalized spacial score (nSPS) is 14.4. The lowest BCUT2D eigenvalue weighted by Gasteiger charge is -2.27. The summed E-state index contributed by atoms with van der Waals surface area (Å²) in [5.74, 6) is 2.09. The van der Waals surface area contributed by atoms with Gasteiger partial charge in [0.05, 0.1) is 37.4 Å². The van der Waals surface area contributed by atoms with E-state index >= 15 is 0 Å². The number of nitrogens with one attached hydrogen (secondary N) is 1. The van der Waals surface area contributed by atoms with Crippen LogP contribution in [0.25, 0.3) is 22.6 Å². The van der Waals surface area contributed by atoms with Crippen LogP contribution in [0.3, 0.4) is 0 Å². The molecule has 1 N–H and O–H groups in total. The Bertz CT molecular complexity index is 1430. The van der Waals surface area contributed by atoms with Crippen LogP contribution in [0.1, 0.15) is 23.9 Å². The third-order valence-corrected chi connectivity index (χ3v) is 7.28. The van der Waals surface area contributed by atoms with Crippen LogP contribution in [0.15, 0.2) is 60.8 Å². The molecule has 1 atom stereocenters. The zero-order valence-corrected chi connectivity index (χ0v) is 23.8. The van der Waals surface area contributed by atoms with Crippen molar-refractivity contribution in [2.75, 3.05) is 59.5 Å². The molecule has 0 saturated carbocycles. The number of hydrogen-bond acceptors (Lipinski definition) is 8. The summed E-state index contributed by atoms with van der Waals surface area (Å²) in [4.78, 5) is 16.8. The predicted octanol–water partition coefficient (Wildman–Crippen LogP) is 4.85. The first-order chi connectivity index (χ1) is 20.1. The minimum Gasteiger partial charge on any atom is -0.497 e. The maximum atomic E-state index is 13.8. The fourth-order valence-corrected chi connectivity index (χ4v) is 5.32. The quantitative estimate of drug-likeness (QED) is 0.219. The van der Waals surface area contributed by atoms with Gasteiger partial charge in [-0.05, 0) is 54.4 Å². The van der Waals surface area contributed by atoms with E-state index in [0.29, 0.717) is 25.7 Å². The van der Waals surface area contributed by atoms with E-state index in [4.69, 9.17) is 24.2 Å². The van der Waals surface area contributed by atoms with Gasteiger partial charge in [0.15, 0.2) is 0 Å². The topological polar surface area (TPSA) is 86.6 Å². The Morgan fingerprint density at radius 3 is 2.63 bits per heavy atom. The highest BCUT2D eigenvalue weighted by Gasteiger charge is 2.32. The molecule has 0 radical (unpaired) electrons. The van der Waals surface area contributed by atoms with Crippen molar-refractivity contribution in [1.29, 1.82) is 0 Å². The Kier molecular flexibility index (Phi) is 9.55. The van der Waals surface area contributed by atoms with E-state index in [1.165, 1.54) is 17.7 Å². The molecule has 3 heterocycles. The standard InChI is InChI=1S/C31H37FN6O3/c1-39-17-15-34-31-33-14-13-27(35-31)30-29(23-7-9-24(32)10-8-23)36-28-12-11-25(38(28)30)21-37(16-18-40-2)20-22-5-4-6-26(19-22)41-3/h4-10,13-14,19,25H,11-12,15-18,20-21H2,1-3H3,(H,33,34,35). The van der Waals surface area contributed by atoms with Crippen LogP contribution in [0, 0.1) is 5.82 Å². The number of ether oxygens (including phenoxy) is 3. The number of imidazole rings is 1. The first-order valence-corrected chi connectivity index (χ1v) is 13.9. The molecule has 41 heavy (non-hydrogen) atoms. The lowest BCUT2D eigenvalue weighted by atomic mass is 10.1. The molecule has 0 fully saturated rings. The number of hydrogen-bond donors (Lipinski definition) is 1. The van der Waals surface area contributed by atoms with Gasteiger partial charge in [0.25, 0.3) is 0 Å². The molecular formula is C31H37FN6O3. The third-order valence-electron chi connectivity index (χ3n) is 7.28. The van der Waals surface area contributed by atoms with E-state index < -0.39 is 0 Å². The average molecular weight is 561 g/mol. The van der Waals surface area contributed by atoms with Gasteiger partial charge in [-0.3, -0.25) is 4.90 Å². The minimum absolute atomic E-state index is 0.170. The number of nitrogens with zero attached hydrogens (tertiary/aromatic N) is 5. The summed E-state index contributed by atoms with van der Waals surface area (Å²) < 4.78 is 32.2. The van der Waals surface area contributed by atoms with Gasteiger partial charge in [-0.2, -0.15) is 0 Å². The Hall–Kier alpha value is -3.86. The maximum Gasteiger partial charge on any atom is 0.223 e. The van der Waals surface area contributed by atoms with E-state index in [1.54, 1.807) is 39.7 Å². The number of rotatable bonds is 14. The Labute approximate surface area is 240 Å². The Morgan fingerprint density at radius 1 is 1.02 bits per heavy atom. The van der Waals surface area contributed by atoms with E-state index in [1.807, 2.05) is 18.2 Å². The van der Waals surface area contributed by atoms with Crippen LogP contribution in [0.5, 0.6) is 5.75 Å². The molecular weight excluding hydrogens is 523 g/mol. The van der Waals surface area contributed by atoms with Gasteiger partial charge in [0.2, 0.25) is 5.95 Å². The lowest BCUT2D eigenvalue weighted by molar-refractivity contribution is 0.134. The fourth-order valence-electron chi connectivity index (χ4n) is 5.32. The Balaban J connectivity index is 1.51. The van der Waals surface area contributed by atoms with Crippen molar-refractivity contribution in [3.63, 3.8) is 0 Å². The highest BCUT2D eigenvalue weighted by atomic mass is 19.1. The van der Waals surface area contributed by atoms with Crippen molar-refractivity contribution >= 4 is 5.95 Å². The molecule has 1 unspecified atom stereocenters. The molecule has 2 aromatic carbocycles. The summed E-state index contributed by atoms with van der Waals surface area (Å²) in [6, 6.07) is 16.8.